The summed E-state index contributed by atoms with van der Waals surface area (Å²) >= 11 is 0. The Morgan fingerprint density at radius 3 is 3.10 bits per heavy atom. The van der Waals surface area contributed by atoms with Crippen molar-refractivity contribution in [1.29, 1.82) is 0 Å². The minimum atomic E-state index is 0.0204. The number of hydrogen-bond donors (Lipinski definition) is 1. The van der Waals surface area contributed by atoms with E-state index >= 15 is 0 Å². The summed E-state index contributed by atoms with van der Waals surface area (Å²) in [4.78, 5) is 21.7. The van der Waals surface area contributed by atoms with E-state index < -0.39 is 0 Å². The van der Waals surface area contributed by atoms with Gasteiger partial charge >= 0.3 is 0 Å². The van der Waals surface area contributed by atoms with Crippen molar-refractivity contribution in [3.8, 4) is 0 Å². The van der Waals surface area contributed by atoms with Gasteiger partial charge in [-0.05, 0) is 12.8 Å². The van der Waals surface area contributed by atoms with Crippen molar-refractivity contribution in [2.45, 2.75) is 31.8 Å². The van der Waals surface area contributed by atoms with Gasteiger partial charge in [0.15, 0.2) is 0 Å². The zero-order chi connectivity index (χ0) is 13.9. The van der Waals surface area contributed by atoms with Gasteiger partial charge in [-0.25, -0.2) is 9.97 Å². The minimum absolute atomic E-state index is 0.0204. The van der Waals surface area contributed by atoms with Crippen LogP contribution in [0.3, 0.4) is 0 Å². The maximum absolute atomic E-state index is 11.4. The molecule has 1 aromatic heterocycles. The number of anilines is 1. The fourth-order valence-electron chi connectivity index (χ4n) is 2.42. The van der Waals surface area contributed by atoms with Gasteiger partial charge in [-0.3, -0.25) is 4.79 Å². The molecule has 0 spiro atoms. The molecule has 6 heteroatoms. The Hall–Kier alpha value is -1.69. The minimum Gasteiger partial charge on any atom is -0.373 e. The second-order valence-corrected chi connectivity index (χ2v) is 5.44. The topological polar surface area (TPSA) is 67.3 Å². The number of hydrogen-bond acceptors (Lipinski definition) is 5. The Bertz CT molecular complexity index is 490. The van der Waals surface area contributed by atoms with Gasteiger partial charge in [0.2, 0.25) is 5.91 Å². The molecule has 2 heterocycles. The third kappa shape index (κ3) is 3.25. The van der Waals surface area contributed by atoms with Crippen LogP contribution in [0.4, 0.5) is 5.82 Å². The van der Waals surface area contributed by atoms with Gasteiger partial charge in [0, 0.05) is 44.2 Å². The van der Waals surface area contributed by atoms with E-state index in [-0.39, 0.29) is 12.0 Å². The van der Waals surface area contributed by atoms with Crippen molar-refractivity contribution in [3.63, 3.8) is 0 Å². The quantitative estimate of drug-likeness (QED) is 0.889. The Morgan fingerprint density at radius 2 is 2.35 bits per heavy atom. The lowest BCUT2D eigenvalue weighted by molar-refractivity contribution is -0.135. The maximum Gasteiger partial charge on any atom is 0.219 e. The molecule has 2 fully saturated rings. The molecule has 108 valence electrons. The Morgan fingerprint density at radius 1 is 1.50 bits per heavy atom. The summed E-state index contributed by atoms with van der Waals surface area (Å²) in [6, 6.07) is 2.02. The molecule has 1 N–H and O–H groups in total. The van der Waals surface area contributed by atoms with Gasteiger partial charge in [-0.1, -0.05) is 0 Å². The number of carbonyl (C=O) groups is 1. The lowest BCUT2D eigenvalue weighted by atomic mass is 10.2. The van der Waals surface area contributed by atoms with Crippen LogP contribution in [0.2, 0.25) is 0 Å². The normalized spacial score (nSPS) is 22.6. The summed E-state index contributed by atoms with van der Waals surface area (Å²) in [6.45, 7) is 4.18. The molecule has 0 radical (unpaired) electrons. The van der Waals surface area contributed by atoms with E-state index in [4.69, 9.17) is 4.74 Å². The largest absolute Gasteiger partial charge is 0.373 e. The van der Waals surface area contributed by atoms with E-state index in [1.54, 1.807) is 13.3 Å². The van der Waals surface area contributed by atoms with Crippen LogP contribution in [0.5, 0.6) is 0 Å². The first-order chi connectivity index (χ1) is 9.72. The van der Waals surface area contributed by atoms with Gasteiger partial charge in [0.1, 0.15) is 12.1 Å². The zero-order valence-corrected chi connectivity index (χ0v) is 11.7. The number of carbonyl (C=O) groups excluding carboxylic acids is 1. The van der Waals surface area contributed by atoms with Crippen LogP contribution in [0.1, 0.15) is 31.4 Å². The average molecular weight is 276 g/mol. The molecule has 1 saturated heterocycles. The molecule has 2 aliphatic rings. The van der Waals surface area contributed by atoms with Gasteiger partial charge in [-0.2, -0.15) is 0 Å². The number of ether oxygens (including phenoxy) is 1. The smallest absolute Gasteiger partial charge is 0.219 e. The van der Waals surface area contributed by atoms with Crippen LogP contribution in [-0.4, -0.2) is 53.1 Å². The number of nitrogens with zero attached hydrogens (tertiary/aromatic N) is 3. The standard InChI is InChI=1S/C14H20N4O2/c1-10(19)18-4-5-20-12(8-18)7-15-14-6-13(11-2-3-11)16-9-17-14/h6,9,11-12H,2-5,7-8H2,1H3,(H,15,16,17)/t12-/m1/s1. The summed E-state index contributed by atoms with van der Waals surface area (Å²) in [5, 5.41) is 3.28. The van der Waals surface area contributed by atoms with Gasteiger partial charge in [-0.15, -0.1) is 0 Å². The molecular formula is C14H20N4O2. The summed E-state index contributed by atoms with van der Waals surface area (Å²) < 4.78 is 5.67. The molecule has 1 saturated carbocycles. The van der Waals surface area contributed by atoms with E-state index in [2.05, 4.69) is 15.3 Å². The van der Waals surface area contributed by atoms with Gasteiger partial charge in [0.05, 0.1) is 12.7 Å². The van der Waals surface area contributed by atoms with Gasteiger partial charge < -0.3 is 15.0 Å². The predicted molar refractivity (Wildman–Crippen MR) is 74.5 cm³/mol. The van der Waals surface area contributed by atoms with Crippen molar-refractivity contribution in [2.75, 3.05) is 31.6 Å². The Balaban J connectivity index is 1.53. The van der Waals surface area contributed by atoms with Crippen molar-refractivity contribution >= 4 is 11.7 Å². The molecule has 1 amide bonds. The van der Waals surface area contributed by atoms with Crippen LogP contribution < -0.4 is 5.32 Å². The van der Waals surface area contributed by atoms with Crippen molar-refractivity contribution in [1.82, 2.24) is 14.9 Å². The Kier molecular flexibility index (Phi) is 3.82. The molecule has 3 rings (SSSR count). The van der Waals surface area contributed by atoms with Gasteiger partial charge in [0.25, 0.3) is 0 Å². The number of morpholine rings is 1. The lowest BCUT2D eigenvalue weighted by Crippen LogP contribution is -2.47. The lowest BCUT2D eigenvalue weighted by Gasteiger charge is -2.32. The molecule has 0 aromatic carbocycles. The predicted octanol–water partition coefficient (Wildman–Crippen LogP) is 1.01. The molecular weight excluding hydrogens is 256 g/mol. The molecule has 6 nitrogen and oxygen atoms in total. The Labute approximate surface area is 118 Å². The summed E-state index contributed by atoms with van der Waals surface area (Å²) in [5.74, 6) is 1.57. The molecule has 1 aliphatic heterocycles. The van der Waals surface area contributed by atoms with E-state index in [0.29, 0.717) is 32.2 Å². The average Bonchev–Trinajstić information content (AvgIpc) is 3.30. The number of amides is 1. The molecule has 1 aromatic rings. The first-order valence-electron chi connectivity index (χ1n) is 7.15. The monoisotopic (exact) mass is 276 g/mol. The highest BCUT2D eigenvalue weighted by molar-refractivity contribution is 5.73. The molecule has 0 unspecified atom stereocenters. The van der Waals surface area contributed by atoms with E-state index in [1.165, 1.54) is 12.8 Å². The number of aromatic nitrogens is 2. The first-order valence-corrected chi connectivity index (χ1v) is 7.15. The van der Waals surface area contributed by atoms with Crippen LogP contribution in [-0.2, 0) is 9.53 Å². The van der Waals surface area contributed by atoms with E-state index in [9.17, 15) is 4.79 Å². The van der Waals surface area contributed by atoms with Crippen molar-refractivity contribution in [2.24, 2.45) is 0 Å². The molecule has 0 bridgehead atoms. The summed E-state index contributed by atoms with van der Waals surface area (Å²) in [7, 11) is 0. The summed E-state index contributed by atoms with van der Waals surface area (Å²) in [5.41, 5.74) is 1.12. The highest BCUT2D eigenvalue weighted by Crippen LogP contribution is 2.39. The first kappa shape index (κ1) is 13.3. The highest BCUT2D eigenvalue weighted by Gasteiger charge is 2.25. The fourth-order valence-corrected chi connectivity index (χ4v) is 2.42. The van der Waals surface area contributed by atoms with Crippen molar-refractivity contribution < 1.29 is 9.53 Å². The molecule has 1 aliphatic carbocycles. The van der Waals surface area contributed by atoms with Crippen LogP contribution in [0.15, 0.2) is 12.4 Å². The summed E-state index contributed by atoms with van der Waals surface area (Å²) in [6.07, 6.45) is 4.09. The van der Waals surface area contributed by atoms with E-state index in [0.717, 1.165) is 11.5 Å². The van der Waals surface area contributed by atoms with Crippen LogP contribution >= 0.6 is 0 Å². The molecule has 1 atom stereocenters. The zero-order valence-electron chi connectivity index (χ0n) is 11.7. The van der Waals surface area contributed by atoms with E-state index in [1.807, 2.05) is 11.0 Å². The maximum atomic E-state index is 11.4. The van der Waals surface area contributed by atoms with Crippen LogP contribution in [0, 0.1) is 0 Å². The molecule has 20 heavy (non-hydrogen) atoms. The third-order valence-corrected chi connectivity index (χ3v) is 3.78. The SMILES string of the molecule is CC(=O)N1CCO[C@H](CNc2cc(C3CC3)ncn2)C1. The number of nitrogens with one attached hydrogen (secondary N) is 1. The van der Waals surface area contributed by atoms with Crippen LogP contribution in [0.25, 0.3) is 0 Å². The highest BCUT2D eigenvalue weighted by atomic mass is 16.5. The van der Waals surface area contributed by atoms with Crippen molar-refractivity contribution in [3.05, 3.63) is 18.1 Å². The fraction of sp³-hybridized carbons (Fsp3) is 0.643. The second-order valence-electron chi connectivity index (χ2n) is 5.44. The third-order valence-electron chi connectivity index (χ3n) is 3.78. The second kappa shape index (κ2) is 5.75. The number of rotatable bonds is 4.